The Bertz CT molecular complexity index is 1150. The molecule has 0 radical (unpaired) electrons. The van der Waals surface area contributed by atoms with Gasteiger partial charge in [-0.1, -0.05) is 18.2 Å². The number of hydrogen-bond donors (Lipinski definition) is 0. The second-order valence-corrected chi connectivity index (χ2v) is 7.02. The van der Waals surface area contributed by atoms with Crippen LogP contribution in [0.15, 0.2) is 46.9 Å². The second-order valence-electron chi connectivity index (χ2n) is 7.02. The van der Waals surface area contributed by atoms with E-state index in [1.165, 1.54) is 0 Å². The van der Waals surface area contributed by atoms with E-state index < -0.39 is 12.6 Å². The summed E-state index contributed by atoms with van der Waals surface area (Å²) in [4.78, 5) is 38.6. The van der Waals surface area contributed by atoms with Gasteiger partial charge in [-0.25, -0.2) is 4.79 Å². The number of Topliss-reactive ketones (excluding diaryl/α,β-unsaturated/α-hetero) is 1. The van der Waals surface area contributed by atoms with Crippen LogP contribution in [0.1, 0.15) is 39.0 Å². The van der Waals surface area contributed by atoms with Crippen molar-refractivity contribution < 1.29 is 28.3 Å². The molecule has 154 valence electrons. The predicted molar refractivity (Wildman–Crippen MR) is 110 cm³/mol. The number of nitrogens with zero attached hydrogens (tertiary/aromatic N) is 1. The Morgan fingerprint density at radius 1 is 1.17 bits per heavy atom. The van der Waals surface area contributed by atoms with Crippen molar-refractivity contribution in [2.24, 2.45) is 0 Å². The summed E-state index contributed by atoms with van der Waals surface area (Å²) >= 11 is 0. The fourth-order valence-corrected chi connectivity index (χ4v) is 3.53. The van der Waals surface area contributed by atoms with Gasteiger partial charge in [0, 0.05) is 35.9 Å². The Kier molecular flexibility index (Phi) is 5.37. The Morgan fingerprint density at radius 3 is 2.77 bits per heavy atom. The van der Waals surface area contributed by atoms with Crippen LogP contribution in [0.5, 0.6) is 0 Å². The van der Waals surface area contributed by atoms with E-state index in [-0.39, 0.29) is 30.5 Å². The van der Waals surface area contributed by atoms with Crippen molar-refractivity contribution in [1.82, 2.24) is 0 Å². The number of fused-ring (bicyclic) bond motifs is 2. The second kappa shape index (κ2) is 8.12. The molecule has 30 heavy (non-hydrogen) atoms. The minimum Gasteiger partial charge on any atom is -0.451 e. The minimum atomic E-state index is -0.717. The van der Waals surface area contributed by atoms with Crippen molar-refractivity contribution >= 4 is 34.3 Å². The van der Waals surface area contributed by atoms with Gasteiger partial charge in [0.15, 0.2) is 12.4 Å². The molecular weight excluding hydrogens is 386 g/mol. The number of para-hydroxylation sites is 1. The van der Waals surface area contributed by atoms with Crippen molar-refractivity contribution in [1.29, 1.82) is 0 Å². The fourth-order valence-electron chi connectivity index (χ4n) is 3.53. The molecule has 0 saturated heterocycles. The van der Waals surface area contributed by atoms with Crippen LogP contribution in [0.25, 0.3) is 11.0 Å². The SMILES string of the molecule is CCOCc1c(C(=O)OCC(=O)c2ccc3c(c2)CC(=O)N3C)oc2ccccc12. The average Bonchev–Trinajstić information content (AvgIpc) is 3.27. The van der Waals surface area contributed by atoms with Crippen LogP contribution in [-0.2, 0) is 27.3 Å². The molecule has 1 amide bonds. The monoisotopic (exact) mass is 407 g/mol. The molecule has 0 saturated carbocycles. The summed E-state index contributed by atoms with van der Waals surface area (Å²) < 4.78 is 16.4. The van der Waals surface area contributed by atoms with Crippen LogP contribution < -0.4 is 4.90 Å². The van der Waals surface area contributed by atoms with Gasteiger partial charge in [0.2, 0.25) is 11.7 Å². The van der Waals surface area contributed by atoms with Gasteiger partial charge in [-0.3, -0.25) is 9.59 Å². The number of benzene rings is 2. The van der Waals surface area contributed by atoms with Crippen molar-refractivity contribution in [3.05, 3.63) is 64.9 Å². The van der Waals surface area contributed by atoms with Crippen LogP contribution >= 0.6 is 0 Å². The molecule has 0 N–H and O–H groups in total. The van der Waals surface area contributed by atoms with Crippen molar-refractivity contribution in [2.45, 2.75) is 20.0 Å². The van der Waals surface area contributed by atoms with E-state index in [1.54, 1.807) is 36.2 Å². The highest BCUT2D eigenvalue weighted by Crippen LogP contribution is 2.29. The molecule has 7 heteroatoms. The lowest BCUT2D eigenvalue weighted by Gasteiger charge is -2.10. The Hall–Kier alpha value is -3.45. The number of rotatable bonds is 7. The molecule has 1 aliphatic heterocycles. The van der Waals surface area contributed by atoms with Gasteiger partial charge in [0.1, 0.15) is 5.58 Å². The highest BCUT2D eigenvalue weighted by molar-refractivity contribution is 6.04. The smallest absolute Gasteiger partial charge is 0.375 e. The summed E-state index contributed by atoms with van der Waals surface area (Å²) in [6.07, 6.45) is 0.256. The fraction of sp³-hybridized carbons (Fsp3) is 0.261. The lowest BCUT2D eigenvalue weighted by molar-refractivity contribution is -0.117. The quantitative estimate of drug-likeness (QED) is 0.440. The molecule has 7 nitrogen and oxygen atoms in total. The molecule has 2 aromatic carbocycles. The maximum atomic E-state index is 12.6. The number of ketones is 1. The third-order valence-corrected chi connectivity index (χ3v) is 5.15. The van der Waals surface area contributed by atoms with Crippen LogP contribution in [0.4, 0.5) is 5.69 Å². The lowest BCUT2D eigenvalue weighted by atomic mass is 10.1. The standard InChI is InChI=1S/C23H21NO6/c1-3-28-12-17-16-6-4-5-7-20(16)30-22(17)23(27)29-13-19(25)14-8-9-18-15(10-14)11-21(26)24(18)2/h4-10H,3,11-13H2,1-2H3. The number of carbonyl (C=O) groups is 3. The number of likely N-dealkylation sites (N-methyl/N-ethyl adjacent to an activating group) is 1. The average molecular weight is 407 g/mol. The molecule has 0 unspecified atom stereocenters. The highest BCUT2D eigenvalue weighted by atomic mass is 16.5. The van der Waals surface area contributed by atoms with Crippen LogP contribution in [0.3, 0.4) is 0 Å². The van der Waals surface area contributed by atoms with Crippen LogP contribution in [0.2, 0.25) is 0 Å². The number of hydrogen-bond acceptors (Lipinski definition) is 6. The van der Waals surface area contributed by atoms with E-state index in [0.29, 0.717) is 23.3 Å². The van der Waals surface area contributed by atoms with Gasteiger partial charge in [-0.05, 0) is 36.8 Å². The van der Waals surface area contributed by atoms with Crippen LogP contribution in [0, 0.1) is 0 Å². The summed E-state index contributed by atoms with van der Waals surface area (Å²) in [5, 5.41) is 0.775. The van der Waals surface area contributed by atoms with Crippen LogP contribution in [-0.4, -0.2) is 37.9 Å². The zero-order chi connectivity index (χ0) is 21.3. The van der Waals surface area contributed by atoms with Gasteiger partial charge < -0.3 is 18.8 Å². The summed E-state index contributed by atoms with van der Waals surface area (Å²) in [6, 6.07) is 12.3. The summed E-state index contributed by atoms with van der Waals surface area (Å²) in [6.45, 7) is 2.13. The van der Waals surface area contributed by atoms with Gasteiger partial charge in [-0.2, -0.15) is 0 Å². The number of ether oxygens (including phenoxy) is 2. The molecule has 4 rings (SSSR count). The number of amides is 1. The van der Waals surface area contributed by atoms with E-state index in [1.807, 2.05) is 25.1 Å². The Morgan fingerprint density at radius 2 is 1.97 bits per heavy atom. The molecule has 1 aromatic heterocycles. The van der Waals surface area contributed by atoms with Gasteiger partial charge >= 0.3 is 5.97 Å². The maximum absolute atomic E-state index is 12.6. The van der Waals surface area contributed by atoms with E-state index in [4.69, 9.17) is 13.9 Å². The molecule has 0 fully saturated rings. The maximum Gasteiger partial charge on any atom is 0.375 e. The molecular formula is C23H21NO6. The largest absolute Gasteiger partial charge is 0.451 e. The van der Waals surface area contributed by atoms with E-state index in [0.717, 1.165) is 16.6 Å². The normalized spacial score (nSPS) is 13.0. The first kappa shape index (κ1) is 19.8. The number of furan rings is 1. The molecule has 0 bridgehead atoms. The van der Waals surface area contributed by atoms with Gasteiger partial charge in [0.05, 0.1) is 13.0 Å². The Balaban J connectivity index is 1.49. The lowest BCUT2D eigenvalue weighted by Crippen LogP contribution is -2.20. The third kappa shape index (κ3) is 3.59. The summed E-state index contributed by atoms with van der Waals surface area (Å²) in [5.41, 5.74) is 3.12. The third-order valence-electron chi connectivity index (χ3n) is 5.15. The first-order chi connectivity index (χ1) is 14.5. The van der Waals surface area contributed by atoms with Gasteiger partial charge in [0.25, 0.3) is 0 Å². The number of esters is 1. The molecule has 0 atom stereocenters. The zero-order valence-corrected chi connectivity index (χ0v) is 16.8. The van der Waals surface area contributed by atoms with Crippen molar-refractivity contribution in [3.8, 4) is 0 Å². The topological polar surface area (TPSA) is 86.0 Å². The summed E-state index contributed by atoms with van der Waals surface area (Å²) in [7, 11) is 1.70. The molecule has 0 spiro atoms. The highest BCUT2D eigenvalue weighted by Gasteiger charge is 2.26. The molecule has 1 aliphatic rings. The van der Waals surface area contributed by atoms with Crippen molar-refractivity contribution in [2.75, 3.05) is 25.2 Å². The van der Waals surface area contributed by atoms with E-state index >= 15 is 0 Å². The predicted octanol–water partition coefficient (Wildman–Crippen LogP) is 3.53. The first-order valence-electron chi connectivity index (χ1n) is 9.67. The van der Waals surface area contributed by atoms with E-state index in [2.05, 4.69) is 0 Å². The van der Waals surface area contributed by atoms with Crippen molar-refractivity contribution in [3.63, 3.8) is 0 Å². The Labute approximate surface area is 173 Å². The van der Waals surface area contributed by atoms with E-state index in [9.17, 15) is 14.4 Å². The number of carbonyl (C=O) groups excluding carboxylic acids is 3. The molecule has 0 aliphatic carbocycles. The van der Waals surface area contributed by atoms with Gasteiger partial charge in [-0.15, -0.1) is 0 Å². The minimum absolute atomic E-state index is 0.0206. The zero-order valence-electron chi connectivity index (χ0n) is 16.8. The first-order valence-corrected chi connectivity index (χ1v) is 9.67. The number of anilines is 1. The summed E-state index contributed by atoms with van der Waals surface area (Å²) in [5.74, 6) is -1.05. The molecule has 3 aromatic rings. The molecule has 2 heterocycles.